The summed E-state index contributed by atoms with van der Waals surface area (Å²) in [7, 11) is 0. The molecule has 1 heterocycles. The highest BCUT2D eigenvalue weighted by molar-refractivity contribution is 5.95. The third-order valence-electron chi connectivity index (χ3n) is 3.34. The van der Waals surface area contributed by atoms with Crippen LogP contribution in [0.5, 0.6) is 0 Å². The Hall–Kier alpha value is -1.58. The average molecular weight is 247 g/mol. The Labute approximate surface area is 108 Å². The maximum atomic E-state index is 12.0. The minimum absolute atomic E-state index is 0.0119. The standard InChI is InChI=1S/C14H21N3O/c1-3-6-15-13-9-11(5-7-16-13)14(18)17-12-8-10(12)4-2/h5,7,9-10,12H,3-4,6,8H2,1-2H3,(H,15,16)(H,17,18). The predicted octanol–water partition coefficient (Wildman–Crippen LogP) is 2.43. The number of nitrogens with zero attached hydrogens (tertiary/aromatic N) is 1. The van der Waals surface area contributed by atoms with Crippen LogP contribution in [0.15, 0.2) is 18.3 Å². The van der Waals surface area contributed by atoms with Gasteiger partial charge in [0.15, 0.2) is 0 Å². The molecule has 0 saturated heterocycles. The highest BCUT2D eigenvalue weighted by Gasteiger charge is 2.36. The van der Waals surface area contributed by atoms with E-state index in [4.69, 9.17) is 0 Å². The molecule has 1 aliphatic rings. The van der Waals surface area contributed by atoms with Gasteiger partial charge in [-0.3, -0.25) is 4.79 Å². The Kier molecular flexibility index (Phi) is 4.18. The van der Waals surface area contributed by atoms with E-state index in [2.05, 4.69) is 29.5 Å². The van der Waals surface area contributed by atoms with Gasteiger partial charge in [0.1, 0.15) is 5.82 Å². The summed E-state index contributed by atoms with van der Waals surface area (Å²) in [5.41, 5.74) is 0.686. The van der Waals surface area contributed by atoms with E-state index in [0.717, 1.165) is 31.6 Å². The van der Waals surface area contributed by atoms with Gasteiger partial charge in [-0.05, 0) is 30.9 Å². The first-order chi connectivity index (χ1) is 8.74. The number of amides is 1. The summed E-state index contributed by atoms with van der Waals surface area (Å²) in [5.74, 6) is 1.46. The first kappa shape index (κ1) is 12.9. The van der Waals surface area contributed by atoms with Gasteiger partial charge in [-0.1, -0.05) is 20.3 Å². The fraction of sp³-hybridized carbons (Fsp3) is 0.571. The smallest absolute Gasteiger partial charge is 0.251 e. The zero-order valence-corrected chi connectivity index (χ0v) is 11.1. The van der Waals surface area contributed by atoms with Gasteiger partial charge in [0.2, 0.25) is 0 Å². The van der Waals surface area contributed by atoms with Crippen LogP contribution in [0, 0.1) is 5.92 Å². The van der Waals surface area contributed by atoms with Crippen LogP contribution < -0.4 is 10.6 Å². The van der Waals surface area contributed by atoms with E-state index in [1.165, 1.54) is 0 Å². The van der Waals surface area contributed by atoms with Crippen molar-refractivity contribution < 1.29 is 4.79 Å². The molecule has 0 spiro atoms. The molecule has 1 aromatic rings. The third kappa shape index (κ3) is 3.22. The molecule has 2 rings (SSSR count). The molecule has 0 aromatic carbocycles. The molecule has 1 aromatic heterocycles. The van der Waals surface area contributed by atoms with E-state index < -0.39 is 0 Å². The summed E-state index contributed by atoms with van der Waals surface area (Å²) in [6.45, 7) is 5.14. The Bertz CT molecular complexity index is 419. The second kappa shape index (κ2) is 5.85. The number of carbonyl (C=O) groups excluding carboxylic acids is 1. The van der Waals surface area contributed by atoms with Crippen molar-refractivity contribution in [2.45, 2.75) is 39.2 Å². The third-order valence-corrected chi connectivity index (χ3v) is 3.34. The number of hydrogen-bond acceptors (Lipinski definition) is 3. The molecule has 1 fully saturated rings. The van der Waals surface area contributed by atoms with Crippen molar-refractivity contribution in [1.29, 1.82) is 0 Å². The molecule has 0 bridgehead atoms. The Morgan fingerprint density at radius 3 is 3.00 bits per heavy atom. The number of pyridine rings is 1. The number of carbonyl (C=O) groups is 1. The highest BCUT2D eigenvalue weighted by Crippen LogP contribution is 2.33. The van der Waals surface area contributed by atoms with E-state index in [-0.39, 0.29) is 5.91 Å². The summed E-state index contributed by atoms with van der Waals surface area (Å²) < 4.78 is 0. The van der Waals surface area contributed by atoms with Crippen molar-refractivity contribution in [2.75, 3.05) is 11.9 Å². The zero-order chi connectivity index (χ0) is 13.0. The highest BCUT2D eigenvalue weighted by atomic mass is 16.1. The van der Waals surface area contributed by atoms with Crippen molar-refractivity contribution in [3.05, 3.63) is 23.9 Å². The summed E-state index contributed by atoms with van der Waals surface area (Å²) >= 11 is 0. The van der Waals surface area contributed by atoms with Crippen LogP contribution in [-0.4, -0.2) is 23.5 Å². The van der Waals surface area contributed by atoms with Crippen LogP contribution in [0.4, 0.5) is 5.82 Å². The minimum Gasteiger partial charge on any atom is -0.370 e. The zero-order valence-electron chi connectivity index (χ0n) is 11.1. The molecule has 2 unspecified atom stereocenters. The molecule has 98 valence electrons. The lowest BCUT2D eigenvalue weighted by atomic mass is 10.2. The minimum atomic E-state index is 0.0119. The van der Waals surface area contributed by atoms with Gasteiger partial charge in [0.25, 0.3) is 5.91 Å². The molecular formula is C14H21N3O. The summed E-state index contributed by atoms with van der Waals surface area (Å²) in [5, 5.41) is 6.25. The van der Waals surface area contributed by atoms with E-state index in [1.54, 1.807) is 12.3 Å². The van der Waals surface area contributed by atoms with Crippen molar-refractivity contribution in [2.24, 2.45) is 5.92 Å². The molecule has 18 heavy (non-hydrogen) atoms. The molecule has 0 radical (unpaired) electrons. The number of hydrogen-bond donors (Lipinski definition) is 2. The molecule has 0 aliphatic heterocycles. The molecule has 2 N–H and O–H groups in total. The lowest BCUT2D eigenvalue weighted by Crippen LogP contribution is -2.26. The SMILES string of the molecule is CCCNc1cc(C(=O)NC2CC2CC)ccn1. The lowest BCUT2D eigenvalue weighted by molar-refractivity contribution is 0.0949. The average Bonchev–Trinajstić information content (AvgIpc) is 3.15. The van der Waals surface area contributed by atoms with E-state index in [1.807, 2.05) is 6.07 Å². The molecule has 1 aliphatic carbocycles. The topological polar surface area (TPSA) is 54.0 Å². The predicted molar refractivity (Wildman–Crippen MR) is 72.7 cm³/mol. The molecule has 4 nitrogen and oxygen atoms in total. The Balaban J connectivity index is 1.93. The van der Waals surface area contributed by atoms with Crippen molar-refractivity contribution in [1.82, 2.24) is 10.3 Å². The van der Waals surface area contributed by atoms with Crippen LogP contribution in [0.25, 0.3) is 0 Å². The number of aromatic nitrogens is 1. The quantitative estimate of drug-likeness (QED) is 0.811. The summed E-state index contributed by atoms with van der Waals surface area (Å²) in [4.78, 5) is 16.2. The first-order valence-electron chi connectivity index (χ1n) is 6.75. The van der Waals surface area contributed by atoms with Crippen molar-refractivity contribution in [3.63, 3.8) is 0 Å². The Morgan fingerprint density at radius 2 is 2.33 bits per heavy atom. The largest absolute Gasteiger partial charge is 0.370 e. The van der Waals surface area contributed by atoms with Crippen LogP contribution in [0.2, 0.25) is 0 Å². The van der Waals surface area contributed by atoms with Gasteiger partial charge in [-0.15, -0.1) is 0 Å². The number of anilines is 1. The van der Waals surface area contributed by atoms with Crippen LogP contribution >= 0.6 is 0 Å². The van der Waals surface area contributed by atoms with Crippen molar-refractivity contribution in [3.8, 4) is 0 Å². The molecule has 1 saturated carbocycles. The van der Waals surface area contributed by atoms with E-state index >= 15 is 0 Å². The second-order valence-corrected chi connectivity index (χ2v) is 4.84. The molecule has 4 heteroatoms. The van der Waals surface area contributed by atoms with Crippen LogP contribution in [-0.2, 0) is 0 Å². The maximum Gasteiger partial charge on any atom is 0.251 e. The van der Waals surface area contributed by atoms with E-state index in [0.29, 0.717) is 17.5 Å². The van der Waals surface area contributed by atoms with Crippen molar-refractivity contribution >= 4 is 11.7 Å². The molecular weight excluding hydrogens is 226 g/mol. The fourth-order valence-electron chi connectivity index (χ4n) is 2.05. The second-order valence-electron chi connectivity index (χ2n) is 4.84. The van der Waals surface area contributed by atoms with Crippen LogP contribution in [0.1, 0.15) is 43.5 Å². The van der Waals surface area contributed by atoms with Gasteiger partial charge in [-0.2, -0.15) is 0 Å². The van der Waals surface area contributed by atoms with Crippen LogP contribution in [0.3, 0.4) is 0 Å². The van der Waals surface area contributed by atoms with Gasteiger partial charge in [-0.25, -0.2) is 4.98 Å². The van der Waals surface area contributed by atoms with Gasteiger partial charge >= 0.3 is 0 Å². The lowest BCUT2D eigenvalue weighted by Gasteiger charge is -2.07. The summed E-state index contributed by atoms with van der Waals surface area (Å²) in [6, 6.07) is 3.95. The van der Waals surface area contributed by atoms with Gasteiger partial charge < -0.3 is 10.6 Å². The normalized spacial score (nSPS) is 21.4. The molecule has 1 amide bonds. The van der Waals surface area contributed by atoms with Gasteiger partial charge in [0, 0.05) is 24.3 Å². The van der Waals surface area contributed by atoms with Gasteiger partial charge in [0.05, 0.1) is 0 Å². The first-order valence-corrected chi connectivity index (χ1v) is 6.75. The fourth-order valence-corrected chi connectivity index (χ4v) is 2.05. The Morgan fingerprint density at radius 1 is 1.50 bits per heavy atom. The monoisotopic (exact) mass is 247 g/mol. The summed E-state index contributed by atoms with van der Waals surface area (Å²) in [6.07, 6.45) is 4.98. The molecule has 2 atom stereocenters. The number of nitrogens with one attached hydrogen (secondary N) is 2. The maximum absolute atomic E-state index is 12.0. The number of rotatable bonds is 6. The van der Waals surface area contributed by atoms with E-state index in [9.17, 15) is 4.79 Å².